The van der Waals surface area contributed by atoms with Crippen molar-refractivity contribution in [2.45, 2.75) is 0 Å². The molecule has 0 fully saturated rings. The lowest BCUT2D eigenvalue weighted by Gasteiger charge is -2.11. The maximum absolute atomic E-state index is 12.4. The first kappa shape index (κ1) is 17.1. The summed E-state index contributed by atoms with van der Waals surface area (Å²) >= 11 is 0. The smallest absolute Gasteiger partial charge is 0.256 e. The Morgan fingerprint density at radius 1 is 0.654 bits per heavy atom. The van der Waals surface area contributed by atoms with Crippen molar-refractivity contribution >= 4 is 23.3 Å². The molecule has 3 aromatic carbocycles. The summed E-state index contributed by atoms with van der Waals surface area (Å²) < 4.78 is 0. The number of rotatable bonds is 5. The van der Waals surface area contributed by atoms with E-state index in [9.17, 15) is 19.5 Å². The zero-order valence-electron chi connectivity index (χ0n) is 13.6. The Kier molecular flexibility index (Phi) is 4.90. The van der Waals surface area contributed by atoms with Crippen molar-refractivity contribution in [2.24, 2.45) is 0 Å². The molecule has 5 nitrogen and oxygen atoms in total. The second-order valence-electron chi connectivity index (χ2n) is 5.56. The van der Waals surface area contributed by atoms with Crippen LogP contribution in [0.5, 0.6) is 0 Å². The van der Waals surface area contributed by atoms with Crippen LogP contribution in [0.2, 0.25) is 0 Å². The fraction of sp³-hybridized carbons (Fsp3) is 0. The molecule has 0 aliphatic carbocycles. The normalized spacial score (nSPS) is 10.2. The van der Waals surface area contributed by atoms with Gasteiger partial charge in [0.15, 0.2) is 5.78 Å². The molecule has 0 heterocycles. The van der Waals surface area contributed by atoms with Gasteiger partial charge in [0.1, 0.15) is 0 Å². The summed E-state index contributed by atoms with van der Waals surface area (Å²) in [5.41, 5.74) is 1.35. The molecule has 3 rings (SSSR count). The van der Waals surface area contributed by atoms with Crippen LogP contribution < -0.4 is 10.4 Å². The summed E-state index contributed by atoms with van der Waals surface area (Å²) in [4.78, 5) is 35.8. The van der Waals surface area contributed by atoms with E-state index in [-0.39, 0.29) is 16.9 Å². The van der Waals surface area contributed by atoms with Gasteiger partial charge in [-0.3, -0.25) is 9.59 Å². The Morgan fingerprint density at radius 2 is 1.19 bits per heavy atom. The van der Waals surface area contributed by atoms with Gasteiger partial charge in [-0.05, 0) is 30.3 Å². The van der Waals surface area contributed by atoms with Crippen molar-refractivity contribution in [3.05, 3.63) is 101 Å². The average molecular weight is 344 g/mol. The summed E-state index contributed by atoms with van der Waals surface area (Å²) in [7, 11) is 0. The topological polar surface area (TPSA) is 86.3 Å². The Bertz CT molecular complexity index is 963. The number of carboxylic acids is 1. The van der Waals surface area contributed by atoms with E-state index in [2.05, 4.69) is 5.32 Å². The van der Waals surface area contributed by atoms with Gasteiger partial charge >= 0.3 is 0 Å². The minimum Gasteiger partial charge on any atom is -0.545 e. The molecule has 0 saturated carbocycles. The first-order valence-corrected chi connectivity index (χ1v) is 7.88. The number of hydrogen-bond acceptors (Lipinski definition) is 4. The lowest BCUT2D eigenvalue weighted by atomic mass is 10.0. The number of ketones is 1. The van der Waals surface area contributed by atoms with Crippen LogP contribution in [-0.2, 0) is 0 Å². The number of aromatic carboxylic acids is 1. The monoisotopic (exact) mass is 344 g/mol. The third kappa shape index (κ3) is 3.67. The minimum absolute atomic E-state index is 0.0111. The zero-order chi connectivity index (χ0) is 18.5. The van der Waals surface area contributed by atoms with Gasteiger partial charge in [-0.25, -0.2) is 0 Å². The van der Waals surface area contributed by atoms with Gasteiger partial charge in [0.25, 0.3) is 5.91 Å². The van der Waals surface area contributed by atoms with Crippen LogP contribution in [-0.4, -0.2) is 17.7 Å². The summed E-state index contributed by atoms with van der Waals surface area (Å²) in [6.07, 6.45) is 0. The number of carbonyl (C=O) groups excluding carboxylic acids is 3. The lowest BCUT2D eigenvalue weighted by Crippen LogP contribution is -2.26. The Balaban J connectivity index is 1.77. The second kappa shape index (κ2) is 7.44. The van der Waals surface area contributed by atoms with Crippen LogP contribution in [0.3, 0.4) is 0 Å². The number of nitrogens with one attached hydrogen (secondary N) is 1. The summed E-state index contributed by atoms with van der Waals surface area (Å²) in [6.45, 7) is 0. The highest BCUT2D eigenvalue weighted by Gasteiger charge is 2.13. The van der Waals surface area contributed by atoms with Crippen LogP contribution in [0.1, 0.15) is 36.6 Å². The van der Waals surface area contributed by atoms with Crippen molar-refractivity contribution in [1.29, 1.82) is 0 Å². The Labute approximate surface area is 149 Å². The summed E-state index contributed by atoms with van der Waals surface area (Å²) in [5, 5.41) is 13.7. The highest BCUT2D eigenvalue weighted by atomic mass is 16.4. The molecule has 1 amide bonds. The van der Waals surface area contributed by atoms with Gasteiger partial charge < -0.3 is 15.2 Å². The average Bonchev–Trinajstić information content (AvgIpc) is 2.68. The number of carboxylic acid groups (broad SMARTS) is 1. The zero-order valence-corrected chi connectivity index (χ0v) is 13.6. The maximum atomic E-state index is 12.4. The van der Waals surface area contributed by atoms with Gasteiger partial charge in [0, 0.05) is 27.9 Å². The SMILES string of the molecule is O=C(c1ccccc1)c1ccc(NC(=O)c2ccccc2C(=O)[O-])cc1. The molecular weight excluding hydrogens is 330 g/mol. The van der Waals surface area contributed by atoms with Gasteiger partial charge in [-0.1, -0.05) is 48.5 Å². The van der Waals surface area contributed by atoms with Gasteiger partial charge in [-0.15, -0.1) is 0 Å². The van der Waals surface area contributed by atoms with Crippen molar-refractivity contribution < 1.29 is 19.5 Å². The molecule has 0 bridgehead atoms. The van der Waals surface area contributed by atoms with Gasteiger partial charge in [0.2, 0.25) is 0 Å². The van der Waals surface area contributed by atoms with E-state index in [1.807, 2.05) is 6.07 Å². The molecule has 0 unspecified atom stereocenters. The van der Waals surface area contributed by atoms with Crippen molar-refractivity contribution in [1.82, 2.24) is 0 Å². The minimum atomic E-state index is -1.42. The largest absolute Gasteiger partial charge is 0.545 e. The van der Waals surface area contributed by atoms with Crippen LogP contribution in [0.25, 0.3) is 0 Å². The number of amides is 1. The van der Waals surface area contributed by atoms with Gasteiger partial charge in [-0.2, -0.15) is 0 Å². The first-order chi connectivity index (χ1) is 12.6. The standard InChI is InChI=1S/C21H15NO4/c23-19(14-6-2-1-3-7-14)15-10-12-16(13-11-15)22-20(24)17-8-4-5-9-18(17)21(25)26/h1-13H,(H,22,24)(H,25,26)/p-1. The number of carbonyl (C=O) groups is 3. The summed E-state index contributed by atoms with van der Waals surface area (Å²) in [6, 6.07) is 21.1. The molecule has 0 saturated heterocycles. The highest BCUT2D eigenvalue weighted by Crippen LogP contribution is 2.16. The van der Waals surface area contributed by atoms with E-state index in [4.69, 9.17) is 0 Å². The van der Waals surface area contributed by atoms with E-state index >= 15 is 0 Å². The van der Waals surface area contributed by atoms with Crippen molar-refractivity contribution in [3.63, 3.8) is 0 Å². The fourth-order valence-electron chi connectivity index (χ4n) is 2.52. The molecule has 0 aliphatic heterocycles. The second-order valence-corrected chi connectivity index (χ2v) is 5.56. The van der Waals surface area contributed by atoms with Crippen LogP contribution in [0.4, 0.5) is 5.69 Å². The predicted octanol–water partition coefficient (Wildman–Crippen LogP) is 2.53. The molecule has 1 N–H and O–H groups in total. The third-order valence-corrected chi connectivity index (χ3v) is 3.83. The highest BCUT2D eigenvalue weighted by molar-refractivity contribution is 6.11. The quantitative estimate of drug-likeness (QED) is 0.721. The number of benzene rings is 3. The van der Waals surface area contributed by atoms with E-state index in [1.54, 1.807) is 54.6 Å². The lowest BCUT2D eigenvalue weighted by molar-refractivity contribution is -0.255. The Morgan fingerprint density at radius 3 is 1.81 bits per heavy atom. The predicted molar refractivity (Wildman–Crippen MR) is 95.0 cm³/mol. The third-order valence-electron chi connectivity index (χ3n) is 3.83. The molecular formula is C21H14NO4-. The molecule has 0 aromatic heterocycles. The molecule has 0 atom stereocenters. The van der Waals surface area contributed by atoms with Gasteiger partial charge in [0.05, 0.1) is 5.97 Å². The molecule has 0 radical (unpaired) electrons. The van der Waals surface area contributed by atoms with E-state index < -0.39 is 11.9 Å². The molecule has 3 aromatic rings. The Hall–Kier alpha value is -3.73. The molecule has 5 heteroatoms. The number of hydrogen-bond donors (Lipinski definition) is 1. The summed E-state index contributed by atoms with van der Waals surface area (Å²) in [5.74, 6) is -2.10. The number of anilines is 1. The van der Waals surface area contributed by atoms with Crippen LogP contribution >= 0.6 is 0 Å². The van der Waals surface area contributed by atoms with Crippen LogP contribution in [0, 0.1) is 0 Å². The molecule has 26 heavy (non-hydrogen) atoms. The van der Waals surface area contributed by atoms with Crippen molar-refractivity contribution in [2.75, 3.05) is 5.32 Å². The van der Waals surface area contributed by atoms with Crippen LogP contribution in [0.15, 0.2) is 78.9 Å². The molecule has 128 valence electrons. The molecule has 0 spiro atoms. The fourth-order valence-corrected chi connectivity index (χ4v) is 2.52. The van der Waals surface area contributed by atoms with E-state index in [1.165, 1.54) is 18.2 Å². The first-order valence-electron chi connectivity index (χ1n) is 7.88. The van der Waals surface area contributed by atoms with E-state index in [0.29, 0.717) is 16.8 Å². The van der Waals surface area contributed by atoms with Crippen molar-refractivity contribution in [3.8, 4) is 0 Å². The molecule has 0 aliphatic rings. The maximum Gasteiger partial charge on any atom is 0.256 e. The van der Waals surface area contributed by atoms with E-state index in [0.717, 1.165) is 0 Å².